The zero-order chi connectivity index (χ0) is 22.2. The monoisotopic (exact) mass is 458 g/mol. The molecule has 2 aromatic heterocycles. The van der Waals surface area contributed by atoms with Crippen LogP contribution in [0, 0.1) is 0 Å². The quantitative estimate of drug-likeness (QED) is 0.309. The van der Waals surface area contributed by atoms with Crippen molar-refractivity contribution in [1.29, 1.82) is 0 Å². The Morgan fingerprint density at radius 3 is 2.94 bits per heavy atom. The van der Waals surface area contributed by atoms with Gasteiger partial charge in [0.25, 0.3) is 0 Å². The molecule has 1 fully saturated rings. The molecule has 6 rings (SSSR count). The van der Waals surface area contributed by atoms with Crippen molar-refractivity contribution < 1.29 is 9.53 Å². The number of aromatic amines is 1. The number of H-pyrrole nitrogens is 1. The lowest BCUT2D eigenvalue weighted by Gasteiger charge is -2.14. The van der Waals surface area contributed by atoms with Gasteiger partial charge in [0, 0.05) is 34.8 Å². The van der Waals surface area contributed by atoms with Crippen molar-refractivity contribution in [2.45, 2.75) is 49.9 Å². The van der Waals surface area contributed by atoms with Crippen LogP contribution in [-0.4, -0.2) is 44.0 Å². The topological polar surface area (TPSA) is 72.8 Å². The van der Waals surface area contributed by atoms with Crippen molar-refractivity contribution in [3.63, 3.8) is 0 Å². The highest BCUT2D eigenvalue weighted by Gasteiger charge is 2.24. The SMILES string of the molecule is O=C(CSc1nnc(-c2c[nH]c3ccccc23)n1CC1CCCO1)c1ccc2c(c1)CCC2. The van der Waals surface area contributed by atoms with Gasteiger partial charge in [-0.1, -0.05) is 42.1 Å². The zero-order valence-corrected chi connectivity index (χ0v) is 19.2. The molecule has 1 saturated heterocycles. The van der Waals surface area contributed by atoms with E-state index in [1.165, 1.54) is 29.3 Å². The first kappa shape index (κ1) is 20.7. The lowest BCUT2D eigenvalue weighted by atomic mass is 10.0. The minimum absolute atomic E-state index is 0.134. The lowest BCUT2D eigenvalue weighted by Crippen LogP contribution is -2.17. The van der Waals surface area contributed by atoms with Gasteiger partial charge in [-0.15, -0.1) is 10.2 Å². The van der Waals surface area contributed by atoms with Crippen LogP contribution < -0.4 is 0 Å². The maximum atomic E-state index is 13.0. The number of ketones is 1. The molecule has 2 aromatic carbocycles. The fraction of sp³-hybridized carbons (Fsp3) is 0.346. The third-order valence-corrected chi connectivity index (χ3v) is 7.68. The molecule has 1 N–H and O–H groups in total. The summed E-state index contributed by atoms with van der Waals surface area (Å²) in [7, 11) is 0. The predicted molar refractivity (Wildman–Crippen MR) is 130 cm³/mol. The number of Topliss-reactive ketones (excluding diaryl/α,β-unsaturated/α-hetero) is 1. The summed E-state index contributed by atoms with van der Waals surface area (Å²) in [5, 5.41) is 10.9. The molecule has 4 aromatic rings. The fourth-order valence-electron chi connectivity index (χ4n) is 4.97. The van der Waals surface area contributed by atoms with Crippen molar-refractivity contribution in [2.24, 2.45) is 0 Å². The molecule has 33 heavy (non-hydrogen) atoms. The number of hydrogen-bond donors (Lipinski definition) is 1. The average Bonchev–Trinajstić information content (AvgIpc) is 3.64. The number of benzene rings is 2. The Kier molecular flexibility index (Phi) is 5.52. The number of carbonyl (C=O) groups is 1. The maximum absolute atomic E-state index is 13.0. The number of para-hydroxylation sites is 1. The highest BCUT2D eigenvalue weighted by molar-refractivity contribution is 7.99. The smallest absolute Gasteiger partial charge is 0.192 e. The van der Waals surface area contributed by atoms with Gasteiger partial charge in [0.15, 0.2) is 16.8 Å². The van der Waals surface area contributed by atoms with Crippen LogP contribution in [-0.2, 0) is 24.1 Å². The van der Waals surface area contributed by atoms with Gasteiger partial charge in [-0.2, -0.15) is 0 Å². The van der Waals surface area contributed by atoms with Crippen LogP contribution in [0.1, 0.15) is 40.7 Å². The molecule has 0 radical (unpaired) electrons. The van der Waals surface area contributed by atoms with E-state index in [1.807, 2.05) is 24.4 Å². The molecule has 2 aliphatic rings. The molecule has 3 heterocycles. The highest BCUT2D eigenvalue weighted by Crippen LogP contribution is 2.32. The van der Waals surface area contributed by atoms with Gasteiger partial charge in [-0.3, -0.25) is 9.36 Å². The maximum Gasteiger partial charge on any atom is 0.192 e. The second-order valence-electron chi connectivity index (χ2n) is 8.85. The molecule has 1 unspecified atom stereocenters. The highest BCUT2D eigenvalue weighted by atomic mass is 32.2. The molecule has 1 aliphatic heterocycles. The summed E-state index contributed by atoms with van der Waals surface area (Å²) in [6, 6.07) is 14.4. The van der Waals surface area contributed by atoms with Crippen molar-refractivity contribution >= 4 is 28.4 Å². The van der Waals surface area contributed by atoms with Crippen molar-refractivity contribution in [3.8, 4) is 11.4 Å². The average molecular weight is 459 g/mol. The van der Waals surface area contributed by atoms with Crippen molar-refractivity contribution in [2.75, 3.05) is 12.4 Å². The van der Waals surface area contributed by atoms with E-state index >= 15 is 0 Å². The van der Waals surface area contributed by atoms with Gasteiger partial charge in [0.2, 0.25) is 0 Å². The number of carbonyl (C=O) groups excluding carboxylic acids is 1. The molecule has 1 atom stereocenters. The molecule has 7 heteroatoms. The Bertz CT molecular complexity index is 1320. The normalized spacial score (nSPS) is 17.6. The van der Waals surface area contributed by atoms with Crippen molar-refractivity contribution in [1.82, 2.24) is 19.7 Å². The Morgan fingerprint density at radius 2 is 2.03 bits per heavy atom. The summed E-state index contributed by atoms with van der Waals surface area (Å²) in [6.07, 6.45) is 7.64. The first-order chi connectivity index (χ1) is 16.3. The molecule has 6 nitrogen and oxygen atoms in total. The molecular formula is C26H26N4O2S. The number of ether oxygens (including phenoxy) is 1. The third-order valence-electron chi connectivity index (χ3n) is 6.71. The van der Waals surface area contributed by atoms with Gasteiger partial charge in [0.1, 0.15) is 0 Å². The lowest BCUT2D eigenvalue weighted by molar-refractivity contribution is 0.0953. The zero-order valence-electron chi connectivity index (χ0n) is 18.4. The second-order valence-corrected chi connectivity index (χ2v) is 9.79. The van der Waals surface area contributed by atoms with E-state index in [9.17, 15) is 4.79 Å². The Hall–Kier alpha value is -2.90. The van der Waals surface area contributed by atoms with Gasteiger partial charge in [-0.25, -0.2) is 0 Å². The number of rotatable bonds is 7. The summed E-state index contributed by atoms with van der Waals surface area (Å²) in [5.41, 5.74) is 5.60. The minimum atomic E-state index is 0.134. The van der Waals surface area contributed by atoms with Gasteiger partial charge in [0.05, 0.1) is 18.4 Å². The van der Waals surface area contributed by atoms with Crippen LogP contribution in [0.3, 0.4) is 0 Å². The minimum Gasteiger partial charge on any atom is -0.376 e. The Balaban J connectivity index is 1.28. The molecule has 0 saturated carbocycles. The summed E-state index contributed by atoms with van der Waals surface area (Å²) < 4.78 is 8.05. The third kappa shape index (κ3) is 4.00. The van der Waals surface area contributed by atoms with Gasteiger partial charge in [-0.05, 0) is 55.4 Å². The van der Waals surface area contributed by atoms with Crippen LogP contribution in [0.4, 0.5) is 0 Å². The van der Waals surface area contributed by atoms with E-state index in [2.05, 4.69) is 44.0 Å². The number of thioether (sulfide) groups is 1. The second kappa shape index (κ2) is 8.80. The van der Waals surface area contributed by atoms with Crippen molar-refractivity contribution in [3.05, 3.63) is 65.4 Å². The number of nitrogens with one attached hydrogen (secondary N) is 1. The Labute approximate surface area is 196 Å². The number of nitrogens with zero attached hydrogens (tertiary/aromatic N) is 3. The van der Waals surface area contributed by atoms with Crippen LogP contribution >= 0.6 is 11.8 Å². The summed E-state index contributed by atoms with van der Waals surface area (Å²) in [4.78, 5) is 16.3. The van der Waals surface area contributed by atoms with Gasteiger partial charge < -0.3 is 9.72 Å². The van der Waals surface area contributed by atoms with E-state index in [0.717, 1.165) is 65.3 Å². The summed E-state index contributed by atoms with van der Waals surface area (Å²) >= 11 is 1.46. The molecule has 0 spiro atoms. The van der Waals surface area contributed by atoms with Crippen LogP contribution in [0.2, 0.25) is 0 Å². The van der Waals surface area contributed by atoms with E-state index in [4.69, 9.17) is 4.74 Å². The largest absolute Gasteiger partial charge is 0.376 e. The number of hydrogen-bond acceptors (Lipinski definition) is 5. The van der Waals surface area contributed by atoms with E-state index in [1.54, 1.807) is 0 Å². The molecule has 0 bridgehead atoms. The first-order valence-electron chi connectivity index (χ1n) is 11.7. The number of aryl methyl sites for hydroxylation is 2. The first-order valence-corrected chi connectivity index (χ1v) is 12.6. The van der Waals surface area contributed by atoms with Crippen LogP contribution in [0.25, 0.3) is 22.3 Å². The summed E-state index contributed by atoms with van der Waals surface area (Å²) in [6.45, 7) is 1.49. The van der Waals surface area contributed by atoms with Crippen LogP contribution in [0.5, 0.6) is 0 Å². The van der Waals surface area contributed by atoms with E-state index < -0.39 is 0 Å². The molecule has 0 amide bonds. The molecular weight excluding hydrogens is 432 g/mol. The Morgan fingerprint density at radius 1 is 1.12 bits per heavy atom. The number of aromatic nitrogens is 4. The van der Waals surface area contributed by atoms with E-state index in [0.29, 0.717) is 12.3 Å². The van der Waals surface area contributed by atoms with E-state index in [-0.39, 0.29) is 11.9 Å². The summed E-state index contributed by atoms with van der Waals surface area (Å²) in [5.74, 6) is 1.29. The standard InChI is InChI=1S/C26H26N4O2S/c31-24(19-11-10-17-5-3-6-18(17)13-19)16-33-26-29-28-25(30(26)15-20-7-4-12-32-20)22-14-27-23-9-2-1-8-21(22)23/h1-2,8-11,13-14,20,27H,3-7,12,15-16H2. The number of fused-ring (bicyclic) bond motifs is 2. The molecule has 168 valence electrons. The molecule has 1 aliphatic carbocycles. The van der Waals surface area contributed by atoms with Crippen LogP contribution in [0.15, 0.2) is 53.8 Å². The van der Waals surface area contributed by atoms with Gasteiger partial charge >= 0.3 is 0 Å². The fourth-order valence-corrected chi connectivity index (χ4v) is 5.81. The predicted octanol–water partition coefficient (Wildman–Crippen LogP) is 5.07.